The minimum Gasteiger partial charge on any atom is -0.324 e. The van der Waals surface area contributed by atoms with Crippen LogP contribution < -0.4 is 5.73 Å². The highest BCUT2D eigenvalue weighted by Crippen LogP contribution is 2.26. The van der Waals surface area contributed by atoms with Gasteiger partial charge in [0, 0.05) is 24.0 Å². The van der Waals surface area contributed by atoms with E-state index in [9.17, 15) is 8.78 Å². The molecule has 0 bridgehead atoms. The Morgan fingerprint density at radius 2 is 2.05 bits per heavy atom. The van der Waals surface area contributed by atoms with E-state index in [4.69, 9.17) is 5.73 Å². The number of aromatic nitrogens is 1. The summed E-state index contributed by atoms with van der Waals surface area (Å²) < 4.78 is 27.8. The van der Waals surface area contributed by atoms with Gasteiger partial charge in [-0.25, -0.2) is 8.78 Å². The van der Waals surface area contributed by atoms with Crippen molar-refractivity contribution in [3.8, 4) is 0 Å². The molecule has 0 aliphatic heterocycles. The largest absolute Gasteiger partial charge is 0.324 e. The zero-order chi connectivity index (χ0) is 14.0. The quantitative estimate of drug-likeness (QED) is 0.874. The molecule has 2 N–H and O–H groups in total. The second-order valence-electron chi connectivity index (χ2n) is 4.36. The molecule has 2 nitrogen and oxygen atoms in total. The molecule has 0 aliphatic rings. The fourth-order valence-corrected chi connectivity index (χ4v) is 2.36. The van der Waals surface area contributed by atoms with E-state index in [2.05, 4.69) is 20.9 Å². The van der Waals surface area contributed by atoms with E-state index in [1.54, 1.807) is 18.5 Å². The zero-order valence-electron chi connectivity index (χ0n) is 10.3. The van der Waals surface area contributed by atoms with E-state index in [0.29, 0.717) is 0 Å². The predicted octanol–water partition coefficient (Wildman–Crippen LogP) is 3.67. The predicted molar refractivity (Wildman–Crippen MR) is 73.7 cm³/mol. The van der Waals surface area contributed by atoms with E-state index in [0.717, 1.165) is 11.1 Å². The Morgan fingerprint density at radius 3 is 2.74 bits per heavy atom. The Morgan fingerprint density at radius 1 is 1.32 bits per heavy atom. The fourth-order valence-electron chi connectivity index (χ4n) is 1.99. The number of halogens is 3. The monoisotopic (exact) mass is 326 g/mol. The summed E-state index contributed by atoms with van der Waals surface area (Å²) in [6.45, 7) is 1.87. The Kier molecular flexibility index (Phi) is 4.27. The van der Waals surface area contributed by atoms with Gasteiger partial charge in [-0.3, -0.25) is 4.98 Å². The first-order chi connectivity index (χ1) is 9.00. The van der Waals surface area contributed by atoms with Crippen molar-refractivity contribution in [3.63, 3.8) is 0 Å². The molecule has 5 heteroatoms. The molecule has 1 atom stereocenters. The minimum atomic E-state index is -0.595. The van der Waals surface area contributed by atoms with Gasteiger partial charge in [-0.2, -0.15) is 0 Å². The Bertz CT molecular complexity index is 602. The molecule has 2 aromatic rings. The maximum atomic E-state index is 13.9. The summed E-state index contributed by atoms with van der Waals surface area (Å²) in [6, 6.07) is 3.88. The topological polar surface area (TPSA) is 38.9 Å². The summed E-state index contributed by atoms with van der Waals surface area (Å²) >= 11 is 3.05. The van der Waals surface area contributed by atoms with Crippen molar-refractivity contribution in [2.45, 2.75) is 19.4 Å². The lowest BCUT2D eigenvalue weighted by Crippen LogP contribution is -2.16. The van der Waals surface area contributed by atoms with Crippen molar-refractivity contribution in [3.05, 3.63) is 63.4 Å². The molecule has 1 unspecified atom stereocenters. The summed E-state index contributed by atoms with van der Waals surface area (Å²) in [5.41, 5.74) is 7.79. The number of pyridine rings is 1. The number of aryl methyl sites for hydroxylation is 1. The normalized spacial score (nSPS) is 12.5. The number of nitrogens with two attached hydrogens (primary N) is 1. The van der Waals surface area contributed by atoms with Crippen LogP contribution in [0, 0.1) is 18.6 Å². The molecule has 2 rings (SSSR count). The van der Waals surface area contributed by atoms with E-state index in [1.807, 2.05) is 6.92 Å². The first-order valence-electron chi connectivity index (χ1n) is 5.79. The van der Waals surface area contributed by atoms with Crippen LogP contribution in [0.5, 0.6) is 0 Å². The molecule has 100 valence electrons. The highest BCUT2D eigenvalue weighted by molar-refractivity contribution is 9.10. The van der Waals surface area contributed by atoms with Crippen LogP contribution in [0.3, 0.4) is 0 Å². The van der Waals surface area contributed by atoms with Gasteiger partial charge < -0.3 is 5.73 Å². The van der Waals surface area contributed by atoms with E-state index in [1.165, 1.54) is 12.1 Å². The number of hydrogen-bond donors (Lipinski definition) is 1. The van der Waals surface area contributed by atoms with Crippen LogP contribution in [0.4, 0.5) is 8.78 Å². The van der Waals surface area contributed by atoms with Crippen LogP contribution in [0.15, 0.2) is 35.1 Å². The Labute approximate surface area is 118 Å². The van der Waals surface area contributed by atoms with Crippen LogP contribution >= 0.6 is 15.9 Å². The first-order valence-corrected chi connectivity index (χ1v) is 6.58. The zero-order valence-corrected chi connectivity index (χ0v) is 11.9. The summed E-state index contributed by atoms with van der Waals surface area (Å²) in [5.74, 6) is -1.18. The molecule has 19 heavy (non-hydrogen) atoms. The van der Waals surface area contributed by atoms with Crippen LogP contribution in [-0.2, 0) is 6.42 Å². The van der Waals surface area contributed by atoms with Gasteiger partial charge in [0.2, 0.25) is 0 Å². The number of nitrogens with zero attached hydrogens (tertiary/aromatic N) is 1. The van der Waals surface area contributed by atoms with Gasteiger partial charge in [-0.15, -0.1) is 0 Å². The van der Waals surface area contributed by atoms with Crippen molar-refractivity contribution in [2.24, 2.45) is 5.73 Å². The molecule has 0 spiro atoms. The molecule has 0 amide bonds. The number of benzene rings is 1. The van der Waals surface area contributed by atoms with Crippen LogP contribution in [0.2, 0.25) is 0 Å². The molecule has 1 heterocycles. The standard InChI is InChI=1S/C14H13BrF2N2/c1-8-7-19-5-4-9(8)13(18)6-10-12(16)3-2-11(15)14(10)17/h2-5,7,13H,6,18H2,1H3. The average Bonchev–Trinajstić information content (AvgIpc) is 2.39. The lowest BCUT2D eigenvalue weighted by Gasteiger charge is -2.15. The molecule has 0 saturated carbocycles. The van der Waals surface area contributed by atoms with Crippen molar-refractivity contribution in [1.29, 1.82) is 0 Å². The second kappa shape index (κ2) is 5.75. The summed E-state index contributed by atoms with van der Waals surface area (Å²) in [4.78, 5) is 3.97. The third kappa shape index (κ3) is 2.98. The van der Waals surface area contributed by atoms with Crippen molar-refractivity contribution >= 4 is 15.9 Å². The summed E-state index contributed by atoms with van der Waals surface area (Å²) in [7, 11) is 0. The first kappa shape index (κ1) is 14.1. The smallest absolute Gasteiger partial charge is 0.143 e. The molecule has 1 aromatic carbocycles. The third-order valence-corrected chi connectivity index (χ3v) is 3.64. The van der Waals surface area contributed by atoms with Gasteiger partial charge >= 0.3 is 0 Å². The van der Waals surface area contributed by atoms with Gasteiger partial charge in [0.25, 0.3) is 0 Å². The number of rotatable bonds is 3. The maximum absolute atomic E-state index is 13.9. The molecular formula is C14H13BrF2N2. The highest BCUT2D eigenvalue weighted by Gasteiger charge is 2.17. The molecule has 0 radical (unpaired) electrons. The highest BCUT2D eigenvalue weighted by atomic mass is 79.9. The van der Waals surface area contributed by atoms with Crippen LogP contribution in [0.1, 0.15) is 22.7 Å². The van der Waals surface area contributed by atoms with E-state index >= 15 is 0 Å². The van der Waals surface area contributed by atoms with Gasteiger partial charge in [-0.1, -0.05) is 0 Å². The van der Waals surface area contributed by atoms with Crippen LogP contribution in [-0.4, -0.2) is 4.98 Å². The third-order valence-electron chi connectivity index (χ3n) is 3.03. The molecule has 0 saturated heterocycles. The Hall–Kier alpha value is -1.33. The minimum absolute atomic E-state index is 0.00177. The van der Waals surface area contributed by atoms with Crippen molar-refractivity contribution in [1.82, 2.24) is 4.98 Å². The fraction of sp³-hybridized carbons (Fsp3) is 0.214. The van der Waals surface area contributed by atoms with Gasteiger partial charge in [0.15, 0.2) is 0 Å². The van der Waals surface area contributed by atoms with Gasteiger partial charge in [0.05, 0.1) is 4.47 Å². The van der Waals surface area contributed by atoms with Crippen molar-refractivity contribution < 1.29 is 8.78 Å². The molecule has 0 aliphatic carbocycles. The number of hydrogen-bond acceptors (Lipinski definition) is 2. The summed E-state index contributed by atoms with van der Waals surface area (Å²) in [6.07, 6.45) is 3.40. The lowest BCUT2D eigenvalue weighted by molar-refractivity contribution is 0.535. The second-order valence-corrected chi connectivity index (χ2v) is 5.22. The van der Waals surface area contributed by atoms with Crippen molar-refractivity contribution in [2.75, 3.05) is 0 Å². The van der Waals surface area contributed by atoms with E-state index < -0.39 is 17.7 Å². The molecule has 1 aromatic heterocycles. The maximum Gasteiger partial charge on any atom is 0.143 e. The average molecular weight is 327 g/mol. The lowest BCUT2D eigenvalue weighted by atomic mass is 9.97. The van der Waals surface area contributed by atoms with Gasteiger partial charge in [-0.05, 0) is 58.6 Å². The molecular weight excluding hydrogens is 314 g/mol. The van der Waals surface area contributed by atoms with Crippen LogP contribution in [0.25, 0.3) is 0 Å². The molecule has 0 fully saturated rings. The van der Waals surface area contributed by atoms with Gasteiger partial charge in [0.1, 0.15) is 11.6 Å². The Balaban J connectivity index is 2.32. The van der Waals surface area contributed by atoms with E-state index in [-0.39, 0.29) is 16.5 Å². The SMILES string of the molecule is Cc1cnccc1C(N)Cc1c(F)ccc(Br)c1F. The summed E-state index contributed by atoms with van der Waals surface area (Å²) in [5, 5.41) is 0.